The highest BCUT2D eigenvalue weighted by Crippen LogP contribution is 2.09. The van der Waals surface area contributed by atoms with Crippen LogP contribution in [0.5, 0.6) is 0 Å². The van der Waals surface area contributed by atoms with Crippen molar-refractivity contribution in [1.29, 1.82) is 0 Å². The molecule has 0 saturated carbocycles. The van der Waals surface area contributed by atoms with Crippen molar-refractivity contribution < 1.29 is 34.2 Å². The molecule has 0 aromatic heterocycles. The Labute approximate surface area is 174 Å². The quantitative estimate of drug-likeness (QED) is 0.329. The van der Waals surface area contributed by atoms with E-state index in [0.717, 1.165) is 4.90 Å². The van der Waals surface area contributed by atoms with Crippen LogP contribution in [0.25, 0.3) is 0 Å². The first kappa shape index (κ1) is 23.7. The van der Waals surface area contributed by atoms with E-state index in [9.17, 15) is 24.0 Å². The van der Waals surface area contributed by atoms with Crippen molar-refractivity contribution in [3.8, 4) is 0 Å². The molecule has 2 heterocycles. The number of carbonyl (C=O) groups is 5. The predicted molar refractivity (Wildman–Crippen MR) is 103 cm³/mol. The first-order valence-electron chi connectivity index (χ1n) is 9.79. The number of amides is 3. The lowest BCUT2D eigenvalue weighted by Gasteiger charge is -2.24. The number of hydrogen-bond acceptors (Lipinski definition) is 8. The van der Waals surface area contributed by atoms with Crippen LogP contribution < -0.4 is 5.32 Å². The molecule has 30 heavy (non-hydrogen) atoms. The monoisotopic (exact) mass is 426 g/mol. The number of carboxylic acids is 2. The largest absolute Gasteiger partial charge is 0.480 e. The second kappa shape index (κ2) is 11.6. The van der Waals surface area contributed by atoms with Crippen molar-refractivity contribution in [3.05, 3.63) is 6.42 Å². The number of imide groups is 1. The number of carboxylic acid groups (broad SMARTS) is 2. The summed E-state index contributed by atoms with van der Waals surface area (Å²) in [4.78, 5) is 63.9. The van der Waals surface area contributed by atoms with Gasteiger partial charge in [0, 0.05) is 58.8 Å². The average molecular weight is 426 g/mol. The molecule has 2 aliphatic rings. The Morgan fingerprint density at radius 3 is 1.70 bits per heavy atom. The highest BCUT2D eigenvalue weighted by atomic mass is 16.4. The van der Waals surface area contributed by atoms with Crippen molar-refractivity contribution in [2.75, 3.05) is 72.0 Å². The van der Waals surface area contributed by atoms with Gasteiger partial charge in [-0.2, -0.15) is 0 Å². The Balaban J connectivity index is 1.85. The predicted octanol–water partition coefficient (Wildman–Crippen LogP) is -2.85. The van der Waals surface area contributed by atoms with E-state index in [0.29, 0.717) is 39.3 Å². The van der Waals surface area contributed by atoms with Gasteiger partial charge in [0.15, 0.2) is 0 Å². The summed E-state index contributed by atoms with van der Waals surface area (Å²) >= 11 is 0. The summed E-state index contributed by atoms with van der Waals surface area (Å²) in [6, 6.07) is 0. The molecule has 3 amide bonds. The van der Waals surface area contributed by atoms with Crippen LogP contribution >= 0.6 is 0 Å². The van der Waals surface area contributed by atoms with Gasteiger partial charge in [-0.1, -0.05) is 0 Å². The number of nitrogens with zero attached hydrogens (tertiary/aromatic N) is 4. The minimum atomic E-state index is -0.966. The van der Waals surface area contributed by atoms with E-state index in [-0.39, 0.29) is 56.9 Å². The highest BCUT2D eigenvalue weighted by molar-refractivity contribution is 6.07. The Kier molecular flexibility index (Phi) is 9.15. The van der Waals surface area contributed by atoms with Gasteiger partial charge >= 0.3 is 11.9 Å². The van der Waals surface area contributed by atoms with Crippen molar-refractivity contribution in [2.45, 2.75) is 6.42 Å². The second-order valence-electron chi connectivity index (χ2n) is 7.26. The summed E-state index contributed by atoms with van der Waals surface area (Å²) in [5, 5.41) is 20.8. The molecule has 1 radical (unpaired) electrons. The van der Waals surface area contributed by atoms with Gasteiger partial charge in [-0.05, 0) is 0 Å². The molecule has 3 N–H and O–H groups in total. The zero-order chi connectivity index (χ0) is 22.1. The molecule has 0 aromatic rings. The van der Waals surface area contributed by atoms with E-state index in [2.05, 4.69) is 5.32 Å². The van der Waals surface area contributed by atoms with Gasteiger partial charge in [0.25, 0.3) is 0 Å². The van der Waals surface area contributed by atoms with Gasteiger partial charge in [0.05, 0.1) is 26.1 Å². The smallest absolute Gasteiger partial charge is 0.317 e. The molecule has 2 saturated heterocycles. The zero-order valence-electron chi connectivity index (χ0n) is 16.8. The van der Waals surface area contributed by atoms with E-state index >= 15 is 0 Å². The lowest BCUT2D eigenvalue weighted by Crippen LogP contribution is -2.45. The van der Waals surface area contributed by atoms with Crippen molar-refractivity contribution >= 4 is 29.7 Å². The Morgan fingerprint density at radius 1 is 0.833 bits per heavy atom. The maximum Gasteiger partial charge on any atom is 0.317 e. The summed E-state index contributed by atoms with van der Waals surface area (Å²) in [6.45, 7) is 2.64. The van der Waals surface area contributed by atoms with Gasteiger partial charge < -0.3 is 15.5 Å². The van der Waals surface area contributed by atoms with Crippen LogP contribution in [0.4, 0.5) is 0 Å². The molecule has 0 atom stereocenters. The number of aliphatic carboxylic acids is 2. The fourth-order valence-electron chi connectivity index (χ4n) is 3.36. The Morgan fingerprint density at radius 2 is 1.30 bits per heavy atom. The Bertz CT molecular complexity index is 627. The van der Waals surface area contributed by atoms with Gasteiger partial charge in [-0.25, -0.2) is 0 Å². The molecule has 0 aliphatic carbocycles. The fourth-order valence-corrected chi connectivity index (χ4v) is 3.36. The van der Waals surface area contributed by atoms with E-state index in [4.69, 9.17) is 10.2 Å². The number of carbonyl (C=O) groups excluding carboxylic acids is 3. The maximum atomic E-state index is 12.3. The number of hydrogen-bond donors (Lipinski definition) is 3. The molecule has 0 spiro atoms. The van der Waals surface area contributed by atoms with Crippen molar-refractivity contribution in [3.63, 3.8) is 0 Å². The fraction of sp³-hybridized carbons (Fsp3) is 0.667. The number of nitrogens with one attached hydrogen (secondary N) is 1. The van der Waals surface area contributed by atoms with Crippen LogP contribution in [0, 0.1) is 6.42 Å². The molecule has 2 fully saturated rings. The second-order valence-corrected chi connectivity index (χ2v) is 7.26. The molecular weight excluding hydrogens is 398 g/mol. The van der Waals surface area contributed by atoms with Crippen LogP contribution in [-0.2, 0) is 24.0 Å². The molecule has 2 aliphatic heterocycles. The third-order valence-electron chi connectivity index (χ3n) is 4.96. The number of likely N-dealkylation sites (tertiary alicyclic amines) is 1. The number of rotatable bonds is 9. The summed E-state index contributed by atoms with van der Waals surface area (Å²) in [6.07, 6.45) is 1.39. The molecule has 0 bridgehead atoms. The minimum Gasteiger partial charge on any atom is -0.480 e. The first-order chi connectivity index (χ1) is 14.2. The van der Waals surface area contributed by atoms with E-state index in [1.54, 1.807) is 9.80 Å². The third kappa shape index (κ3) is 8.05. The van der Waals surface area contributed by atoms with Crippen LogP contribution in [0.2, 0.25) is 0 Å². The molecule has 0 unspecified atom stereocenters. The normalized spacial score (nSPS) is 19.9. The van der Waals surface area contributed by atoms with Gasteiger partial charge in [0.1, 0.15) is 0 Å². The van der Waals surface area contributed by atoms with Gasteiger partial charge in [-0.3, -0.25) is 43.6 Å². The van der Waals surface area contributed by atoms with Crippen molar-refractivity contribution in [2.24, 2.45) is 0 Å². The lowest BCUT2D eigenvalue weighted by atomic mass is 10.4. The molecule has 167 valence electrons. The molecule has 12 nitrogen and oxygen atoms in total. The summed E-state index contributed by atoms with van der Waals surface area (Å²) in [5.74, 6) is -2.86. The summed E-state index contributed by atoms with van der Waals surface area (Å²) in [7, 11) is 0. The molecule has 0 aromatic carbocycles. The first-order valence-corrected chi connectivity index (χ1v) is 9.79. The summed E-state index contributed by atoms with van der Waals surface area (Å²) in [5.41, 5.74) is 0. The van der Waals surface area contributed by atoms with Gasteiger partial charge in [-0.15, -0.1) is 0 Å². The maximum absolute atomic E-state index is 12.3. The van der Waals surface area contributed by atoms with Crippen LogP contribution in [0.15, 0.2) is 0 Å². The zero-order valence-corrected chi connectivity index (χ0v) is 16.8. The third-order valence-corrected chi connectivity index (χ3v) is 4.96. The van der Waals surface area contributed by atoms with Crippen LogP contribution in [0.1, 0.15) is 6.42 Å². The van der Waals surface area contributed by atoms with Crippen molar-refractivity contribution in [1.82, 2.24) is 24.9 Å². The Hall–Kier alpha value is -2.57. The van der Waals surface area contributed by atoms with E-state index in [1.807, 2.05) is 4.90 Å². The van der Waals surface area contributed by atoms with E-state index < -0.39 is 11.9 Å². The standard InChI is InChI=1S/C18H28N5O7/c24-14(19-3-4-23-15(25)1-2-16(23)26)11-20-5-7-21(12-17(27)28)9-10-22(8-6-20)13-18(29)30/h1H,2-13H2,(H,19,24)(H,27,28)(H,29,30). The molecule has 12 heteroatoms. The van der Waals surface area contributed by atoms with Gasteiger partial charge in [0.2, 0.25) is 17.7 Å². The average Bonchev–Trinajstić information content (AvgIpc) is 3.01. The summed E-state index contributed by atoms with van der Waals surface area (Å²) < 4.78 is 0. The minimum absolute atomic E-state index is 0.0514. The topological polar surface area (TPSA) is 151 Å². The molecule has 2 rings (SSSR count). The molecular formula is C18H28N5O7. The highest BCUT2D eigenvalue weighted by Gasteiger charge is 2.28. The van der Waals surface area contributed by atoms with Crippen LogP contribution in [0.3, 0.4) is 0 Å². The SMILES string of the molecule is O=C(O)CN1CCN(CC(=O)O)CCN(CC(=O)NCCN2C(=O)[CH]CC2=O)CC1. The van der Waals surface area contributed by atoms with E-state index in [1.165, 1.54) is 6.42 Å². The van der Waals surface area contributed by atoms with Crippen LogP contribution in [-0.4, -0.2) is 131 Å². The lowest BCUT2D eigenvalue weighted by molar-refractivity contribution is -0.140.